The fourth-order valence-electron chi connectivity index (χ4n) is 5.19. The zero-order valence-electron chi connectivity index (χ0n) is 11.7. The number of rotatable bonds is 4. The number of nitrogens with one attached hydrogen (secondary N) is 1. The van der Waals surface area contributed by atoms with Crippen molar-refractivity contribution in [2.24, 2.45) is 35.4 Å². The number of hydrazine groups is 1. The summed E-state index contributed by atoms with van der Waals surface area (Å²) in [6.45, 7) is 0. The van der Waals surface area contributed by atoms with Gasteiger partial charge in [0.25, 0.3) is 0 Å². The Morgan fingerprint density at radius 3 is 2.60 bits per heavy atom. The molecule has 5 unspecified atom stereocenters. The van der Waals surface area contributed by atoms with Crippen LogP contribution in [0.25, 0.3) is 0 Å². The summed E-state index contributed by atoms with van der Waals surface area (Å²) in [4.78, 5) is 0. The quantitative estimate of drug-likeness (QED) is 0.656. The van der Waals surface area contributed by atoms with Crippen molar-refractivity contribution in [1.29, 1.82) is 0 Å². The van der Waals surface area contributed by atoms with Gasteiger partial charge in [-0.2, -0.15) is 0 Å². The summed E-state index contributed by atoms with van der Waals surface area (Å²) in [6, 6.07) is 4.72. The number of halogens is 1. The van der Waals surface area contributed by atoms with Gasteiger partial charge < -0.3 is 4.74 Å². The standard InChI is InChI=1S/C16H21FN2O/c1-20-12-5-4-10(17)7-11(12)16(19-18)15-13-8-2-3-9(6-8)14(13)15/h4-5,7-9,13-16,19H,2-3,6,18H2,1H3. The molecule has 0 radical (unpaired) electrons. The van der Waals surface area contributed by atoms with Gasteiger partial charge in [0.1, 0.15) is 11.6 Å². The summed E-state index contributed by atoms with van der Waals surface area (Å²) in [5.41, 5.74) is 3.80. The number of methoxy groups -OCH3 is 1. The summed E-state index contributed by atoms with van der Waals surface area (Å²) >= 11 is 0. The summed E-state index contributed by atoms with van der Waals surface area (Å²) in [7, 11) is 1.63. The van der Waals surface area contributed by atoms with Gasteiger partial charge in [0.05, 0.1) is 13.2 Å². The minimum absolute atomic E-state index is 0.0130. The maximum absolute atomic E-state index is 13.6. The average molecular weight is 276 g/mol. The van der Waals surface area contributed by atoms with Gasteiger partial charge >= 0.3 is 0 Å². The van der Waals surface area contributed by atoms with Crippen LogP contribution in [0, 0.1) is 35.4 Å². The van der Waals surface area contributed by atoms with Crippen molar-refractivity contribution in [3.63, 3.8) is 0 Å². The lowest BCUT2D eigenvalue weighted by Crippen LogP contribution is -2.31. The number of ether oxygens (including phenoxy) is 1. The maximum atomic E-state index is 13.6. The molecule has 4 rings (SSSR count). The van der Waals surface area contributed by atoms with Crippen LogP contribution in [0.5, 0.6) is 5.75 Å². The van der Waals surface area contributed by atoms with Crippen molar-refractivity contribution >= 4 is 0 Å². The van der Waals surface area contributed by atoms with E-state index < -0.39 is 0 Å². The van der Waals surface area contributed by atoms with E-state index in [4.69, 9.17) is 10.6 Å². The van der Waals surface area contributed by atoms with Crippen LogP contribution in [-0.2, 0) is 0 Å². The molecule has 3 N–H and O–H groups in total. The van der Waals surface area contributed by atoms with Crippen LogP contribution in [0.1, 0.15) is 30.9 Å². The maximum Gasteiger partial charge on any atom is 0.123 e. The van der Waals surface area contributed by atoms with E-state index in [2.05, 4.69) is 5.43 Å². The van der Waals surface area contributed by atoms with Crippen LogP contribution >= 0.6 is 0 Å². The Morgan fingerprint density at radius 1 is 1.30 bits per heavy atom. The second kappa shape index (κ2) is 4.43. The van der Waals surface area contributed by atoms with Crippen molar-refractivity contribution in [3.05, 3.63) is 29.6 Å². The molecule has 0 heterocycles. The first-order valence-corrected chi connectivity index (χ1v) is 7.54. The highest BCUT2D eigenvalue weighted by Gasteiger charge is 2.66. The number of fused-ring (bicyclic) bond motifs is 5. The SMILES string of the molecule is COc1ccc(F)cc1C(NN)C1C2C3CCC(C3)C21. The first-order valence-electron chi connectivity index (χ1n) is 7.54. The highest BCUT2D eigenvalue weighted by molar-refractivity contribution is 5.38. The number of hydrogen-bond donors (Lipinski definition) is 2. The smallest absolute Gasteiger partial charge is 0.123 e. The Morgan fingerprint density at radius 2 is 2.00 bits per heavy atom. The van der Waals surface area contributed by atoms with Crippen molar-refractivity contribution in [2.75, 3.05) is 7.11 Å². The molecular formula is C16H21FN2O. The highest BCUT2D eigenvalue weighted by atomic mass is 19.1. The van der Waals surface area contributed by atoms with E-state index in [-0.39, 0.29) is 11.9 Å². The first kappa shape index (κ1) is 12.6. The van der Waals surface area contributed by atoms with Gasteiger partial charge in [-0.1, -0.05) is 0 Å². The number of nitrogens with two attached hydrogens (primary N) is 1. The molecule has 3 aliphatic carbocycles. The molecule has 5 atom stereocenters. The summed E-state index contributed by atoms with van der Waals surface area (Å²) in [5, 5.41) is 0. The molecule has 0 saturated heterocycles. The van der Waals surface area contributed by atoms with Gasteiger partial charge in [0.2, 0.25) is 0 Å². The Hall–Kier alpha value is -1.13. The van der Waals surface area contributed by atoms with Gasteiger partial charge in [-0.05, 0) is 67.1 Å². The Balaban J connectivity index is 1.65. The molecule has 1 aromatic rings. The molecule has 3 fully saturated rings. The topological polar surface area (TPSA) is 47.3 Å². The molecule has 3 nitrogen and oxygen atoms in total. The molecule has 1 aromatic carbocycles. The van der Waals surface area contributed by atoms with Gasteiger partial charge in [0, 0.05) is 5.56 Å². The molecule has 0 aromatic heterocycles. The highest BCUT2D eigenvalue weighted by Crippen LogP contribution is 2.72. The van der Waals surface area contributed by atoms with E-state index in [0.29, 0.717) is 5.92 Å². The lowest BCUT2D eigenvalue weighted by Gasteiger charge is -2.22. The number of benzene rings is 1. The van der Waals surface area contributed by atoms with Gasteiger partial charge in [-0.15, -0.1) is 0 Å². The van der Waals surface area contributed by atoms with Crippen LogP contribution in [-0.4, -0.2) is 7.11 Å². The summed E-state index contributed by atoms with van der Waals surface area (Å²) in [5.74, 6) is 10.2. The van der Waals surface area contributed by atoms with Gasteiger partial charge in [-0.3, -0.25) is 11.3 Å². The molecule has 0 spiro atoms. The monoisotopic (exact) mass is 276 g/mol. The zero-order valence-corrected chi connectivity index (χ0v) is 11.7. The number of hydrogen-bond acceptors (Lipinski definition) is 3. The summed E-state index contributed by atoms with van der Waals surface area (Å²) in [6.07, 6.45) is 4.16. The predicted molar refractivity (Wildman–Crippen MR) is 74.3 cm³/mol. The Labute approximate surface area is 118 Å². The third kappa shape index (κ3) is 1.64. The minimum atomic E-state index is -0.227. The second-order valence-electron chi connectivity index (χ2n) is 6.60. The fraction of sp³-hybridized carbons (Fsp3) is 0.625. The van der Waals surface area contributed by atoms with Crippen LogP contribution in [0.3, 0.4) is 0 Å². The third-order valence-corrected chi connectivity index (χ3v) is 5.89. The van der Waals surface area contributed by atoms with Crippen molar-refractivity contribution < 1.29 is 9.13 Å². The Kier molecular flexibility index (Phi) is 2.79. The van der Waals surface area contributed by atoms with Crippen molar-refractivity contribution in [2.45, 2.75) is 25.3 Å². The minimum Gasteiger partial charge on any atom is -0.496 e. The molecular weight excluding hydrogens is 255 g/mol. The largest absolute Gasteiger partial charge is 0.496 e. The summed E-state index contributed by atoms with van der Waals surface area (Å²) < 4.78 is 19.0. The molecule has 4 heteroatoms. The molecule has 20 heavy (non-hydrogen) atoms. The van der Waals surface area contributed by atoms with Crippen molar-refractivity contribution in [3.8, 4) is 5.75 Å². The van der Waals surface area contributed by atoms with Crippen LogP contribution in [0.2, 0.25) is 0 Å². The van der Waals surface area contributed by atoms with Gasteiger partial charge in [0.15, 0.2) is 0 Å². The zero-order chi connectivity index (χ0) is 13.9. The van der Waals surface area contributed by atoms with E-state index in [0.717, 1.165) is 35.0 Å². The van der Waals surface area contributed by atoms with Crippen LogP contribution < -0.4 is 16.0 Å². The predicted octanol–water partition coefficient (Wildman–Crippen LogP) is 2.63. The first-order chi connectivity index (χ1) is 9.74. The molecule has 2 bridgehead atoms. The van der Waals surface area contributed by atoms with E-state index in [1.807, 2.05) is 0 Å². The van der Waals surface area contributed by atoms with E-state index >= 15 is 0 Å². The van der Waals surface area contributed by atoms with E-state index in [9.17, 15) is 4.39 Å². The average Bonchev–Trinajstić information content (AvgIpc) is 2.88. The lowest BCUT2D eigenvalue weighted by molar-refractivity contribution is 0.352. The van der Waals surface area contributed by atoms with E-state index in [1.54, 1.807) is 19.2 Å². The molecule has 108 valence electrons. The fourth-order valence-corrected chi connectivity index (χ4v) is 5.19. The Bertz CT molecular complexity index is 519. The second-order valence-corrected chi connectivity index (χ2v) is 6.60. The third-order valence-electron chi connectivity index (χ3n) is 5.89. The van der Waals surface area contributed by atoms with Crippen LogP contribution in [0.15, 0.2) is 18.2 Å². The molecule has 3 aliphatic rings. The molecule has 0 amide bonds. The van der Waals surface area contributed by atoms with E-state index in [1.165, 1.54) is 25.3 Å². The normalized spacial score (nSPS) is 38.6. The molecule has 3 saturated carbocycles. The lowest BCUT2D eigenvalue weighted by atomic mass is 9.93. The van der Waals surface area contributed by atoms with Crippen molar-refractivity contribution in [1.82, 2.24) is 5.43 Å². The van der Waals surface area contributed by atoms with Crippen LogP contribution in [0.4, 0.5) is 4.39 Å². The van der Waals surface area contributed by atoms with Gasteiger partial charge in [-0.25, -0.2) is 4.39 Å². The molecule has 0 aliphatic heterocycles.